The van der Waals surface area contributed by atoms with Crippen LogP contribution < -0.4 is 11.1 Å². The molecular weight excluding hydrogens is 164 g/mol. The quantitative estimate of drug-likeness (QED) is 0.392. The summed E-state index contributed by atoms with van der Waals surface area (Å²) in [5.41, 5.74) is 4.93. The van der Waals surface area contributed by atoms with Crippen LogP contribution in [-0.4, -0.2) is 40.8 Å². The van der Waals surface area contributed by atoms with E-state index < -0.39 is 24.0 Å². The van der Waals surface area contributed by atoms with E-state index in [1.807, 2.05) is 0 Å². The molecule has 6 nitrogen and oxygen atoms in total. The Kier molecular flexibility index (Phi) is 4.24. The number of carboxylic acid groups (broad SMARTS) is 1. The van der Waals surface area contributed by atoms with Crippen molar-refractivity contribution in [3.8, 4) is 0 Å². The monoisotopic (exact) mass is 176 g/mol. The van der Waals surface area contributed by atoms with E-state index in [1.165, 1.54) is 6.92 Å². The molecule has 0 radical (unpaired) electrons. The molecule has 6 heteroatoms. The minimum absolute atomic E-state index is 0.295. The highest BCUT2D eigenvalue weighted by molar-refractivity contribution is 5.84. The molecule has 1 unspecified atom stereocenters. The van der Waals surface area contributed by atoms with Gasteiger partial charge in [-0.25, -0.2) is 4.79 Å². The fraction of sp³-hybridized carbons (Fsp3) is 0.667. The third-order valence-corrected chi connectivity index (χ3v) is 1.25. The van der Waals surface area contributed by atoms with Gasteiger partial charge in [-0.3, -0.25) is 4.79 Å². The predicted molar refractivity (Wildman–Crippen MR) is 40.3 cm³/mol. The van der Waals surface area contributed by atoms with Gasteiger partial charge in [0.1, 0.15) is 0 Å². The Morgan fingerprint density at radius 1 is 1.58 bits per heavy atom. The van der Waals surface area contributed by atoms with Crippen LogP contribution in [0.5, 0.6) is 0 Å². The zero-order valence-corrected chi connectivity index (χ0v) is 6.65. The number of rotatable bonds is 4. The second-order valence-electron chi connectivity index (χ2n) is 2.33. The lowest BCUT2D eigenvalue weighted by Gasteiger charge is -2.15. The summed E-state index contributed by atoms with van der Waals surface area (Å²) in [4.78, 5) is 21.0. The summed E-state index contributed by atoms with van der Waals surface area (Å²) >= 11 is 0. The van der Waals surface area contributed by atoms with Gasteiger partial charge in [0, 0.05) is 0 Å². The van der Waals surface area contributed by atoms with Crippen LogP contribution >= 0.6 is 0 Å². The van der Waals surface area contributed by atoms with Gasteiger partial charge in [0.15, 0.2) is 6.04 Å². The Bertz CT molecular complexity index is 180. The van der Waals surface area contributed by atoms with Gasteiger partial charge in [-0.2, -0.15) is 0 Å². The fourth-order valence-corrected chi connectivity index (χ4v) is 0.621. The second kappa shape index (κ2) is 4.68. The van der Waals surface area contributed by atoms with E-state index >= 15 is 0 Å². The SMILES string of the molecule is C[C@@H](O)C(NC(=O)CN)C(=O)O. The van der Waals surface area contributed by atoms with Crippen LogP contribution in [0.25, 0.3) is 0 Å². The Hall–Kier alpha value is -1.14. The van der Waals surface area contributed by atoms with Gasteiger partial charge in [-0.05, 0) is 6.92 Å². The standard InChI is InChI=1S/C6H12N2O4/c1-3(9)5(6(11)12)8-4(10)2-7/h3,5,9H,2,7H2,1H3,(H,8,10)(H,11,12)/t3-,5?/m1/s1. The summed E-state index contributed by atoms with van der Waals surface area (Å²) in [6.45, 7) is 0.978. The highest BCUT2D eigenvalue weighted by Crippen LogP contribution is 1.91. The van der Waals surface area contributed by atoms with E-state index in [4.69, 9.17) is 15.9 Å². The van der Waals surface area contributed by atoms with E-state index in [0.717, 1.165) is 0 Å². The molecule has 0 saturated heterocycles. The minimum atomic E-state index is -1.29. The number of carboxylic acids is 1. The van der Waals surface area contributed by atoms with E-state index in [1.54, 1.807) is 0 Å². The summed E-state index contributed by atoms with van der Waals surface area (Å²) < 4.78 is 0. The van der Waals surface area contributed by atoms with Crippen molar-refractivity contribution in [2.24, 2.45) is 5.73 Å². The summed E-state index contributed by atoms with van der Waals surface area (Å²) in [6, 6.07) is -1.29. The molecule has 0 bridgehead atoms. The molecule has 0 heterocycles. The van der Waals surface area contributed by atoms with Crippen molar-refractivity contribution in [1.82, 2.24) is 5.32 Å². The van der Waals surface area contributed by atoms with E-state index in [-0.39, 0.29) is 6.54 Å². The average Bonchev–Trinajstić information content (AvgIpc) is 1.98. The largest absolute Gasteiger partial charge is 0.480 e. The van der Waals surface area contributed by atoms with Crippen LogP contribution in [0.15, 0.2) is 0 Å². The second-order valence-corrected chi connectivity index (χ2v) is 2.33. The number of hydrogen-bond donors (Lipinski definition) is 4. The third-order valence-electron chi connectivity index (χ3n) is 1.25. The lowest BCUT2D eigenvalue weighted by molar-refractivity contribution is -0.144. The number of aliphatic carboxylic acids is 1. The number of nitrogens with one attached hydrogen (secondary N) is 1. The van der Waals surface area contributed by atoms with Gasteiger partial charge in [0.25, 0.3) is 0 Å². The zero-order chi connectivity index (χ0) is 9.72. The van der Waals surface area contributed by atoms with Gasteiger partial charge in [-0.15, -0.1) is 0 Å². The highest BCUT2D eigenvalue weighted by Gasteiger charge is 2.23. The van der Waals surface area contributed by atoms with Gasteiger partial charge in [-0.1, -0.05) is 0 Å². The molecule has 0 saturated carbocycles. The summed E-state index contributed by atoms with van der Waals surface area (Å²) in [7, 11) is 0. The number of carbonyl (C=O) groups is 2. The number of aliphatic hydroxyl groups is 1. The molecule has 2 atom stereocenters. The van der Waals surface area contributed by atoms with E-state index in [9.17, 15) is 9.59 Å². The van der Waals surface area contributed by atoms with Crippen molar-refractivity contribution >= 4 is 11.9 Å². The smallest absolute Gasteiger partial charge is 0.328 e. The van der Waals surface area contributed by atoms with E-state index in [0.29, 0.717) is 0 Å². The molecule has 0 aromatic carbocycles. The van der Waals surface area contributed by atoms with Gasteiger partial charge < -0.3 is 21.3 Å². The Labute approximate surface area is 69.4 Å². The molecule has 0 aliphatic carbocycles. The summed E-state index contributed by atoms with van der Waals surface area (Å²) in [5.74, 6) is -1.89. The third kappa shape index (κ3) is 3.31. The van der Waals surface area contributed by atoms with Crippen LogP contribution in [0, 0.1) is 0 Å². The Balaban J connectivity index is 4.14. The molecule has 0 fully saturated rings. The van der Waals surface area contributed by atoms with Crippen molar-refractivity contribution in [3.63, 3.8) is 0 Å². The van der Waals surface area contributed by atoms with Gasteiger partial charge in [0.05, 0.1) is 12.6 Å². The van der Waals surface area contributed by atoms with Crippen LogP contribution in [0.2, 0.25) is 0 Å². The number of hydrogen-bond acceptors (Lipinski definition) is 4. The minimum Gasteiger partial charge on any atom is -0.480 e. The number of carbonyl (C=O) groups excluding carboxylic acids is 1. The first-order chi connectivity index (χ1) is 5.49. The molecule has 0 aromatic heterocycles. The zero-order valence-electron chi connectivity index (χ0n) is 6.65. The first-order valence-corrected chi connectivity index (χ1v) is 3.39. The maximum absolute atomic E-state index is 10.6. The normalized spacial score (nSPS) is 14.9. The maximum Gasteiger partial charge on any atom is 0.328 e. The van der Waals surface area contributed by atoms with Crippen LogP contribution in [0.1, 0.15) is 6.92 Å². The lowest BCUT2D eigenvalue weighted by Crippen LogP contribution is -2.49. The Morgan fingerprint density at radius 3 is 2.33 bits per heavy atom. The van der Waals surface area contributed by atoms with Crippen molar-refractivity contribution in [1.29, 1.82) is 0 Å². The Morgan fingerprint density at radius 2 is 2.08 bits per heavy atom. The van der Waals surface area contributed by atoms with Crippen LogP contribution in [0.3, 0.4) is 0 Å². The number of amides is 1. The maximum atomic E-state index is 10.6. The molecular formula is C6H12N2O4. The van der Waals surface area contributed by atoms with Gasteiger partial charge >= 0.3 is 5.97 Å². The van der Waals surface area contributed by atoms with Crippen LogP contribution in [-0.2, 0) is 9.59 Å². The number of nitrogens with two attached hydrogens (primary N) is 1. The summed E-state index contributed by atoms with van der Waals surface area (Å²) in [5, 5.41) is 19.4. The molecule has 70 valence electrons. The molecule has 0 spiro atoms. The molecule has 1 amide bonds. The molecule has 0 aliphatic rings. The first kappa shape index (κ1) is 10.9. The van der Waals surface area contributed by atoms with Gasteiger partial charge in [0.2, 0.25) is 5.91 Å². The average molecular weight is 176 g/mol. The molecule has 12 heavy (non-hydrogen) atoms. The van der Waals surface area contributed by atoms with Crippen molar-refractivity contribution in [3.05, 3.63) is 0 Å². The fourth-order valence-electron chi connectivity index (χ4n) is 0.621. The molecule has 0 rings (SSSR count). The summed E-state index contributed by atoms with van der Waals surface area (Å²) in [6.07, 6.45) is -1.14. The predicted octanol–water partition coefficient (Wildman–Crippen LogP) is -2.10. The molecule has 5 N–H and O–H groups in total. The molecule has 0 aliphatic heterocycles. The number of aliphatic hydroxyl groups excluding tert-OH is 1. The van der Waals surface area contributed by atoms with Crippen LogP contribution in [0.4, 0.5) is 0 Å². The van der Waals surface area contributed by atoms with Crippen molar-refractivity contribution < 1.29 is 19.8 Å². The van der Waals surface area contributed by atoms with E-state index in [2.05, 4.69) is 5.32 Å². The van der Waals surface area contributed by atoms with Crippen molar-refractivity contribution in [2.45, 2.75) is 19.1 Å². The molecule has 0 aromatic rings. The van der Waals surface area contributed by atoms with Crippen molar-refractivity contribution in [2.75, 3.05) is 6.54 Å². The topological polar surface area (TPSA) is 113 Å². The lowest BCUT2D eigenvalue weighted by atomic mass is 10.2. The highest BCUT2D eigenvalue weighted by atomic mass is 16.4. The first-order valence-electron chi connectivity index (χ1n) is 3.39.